The molecule has 0 aliphatic heterocycles. The predicted molar refractivity (Wildman–Crippen MR) is 118 cm³/mol. The van der Waals surface area contributed by atoms with Crippen LogP contribution in [0.25, 0.3) is 0 Å². The Hall–Kier alpha value is -4.62. The number of alkyl halides is 4. The van der Waals surface area contributed by atoms with Gasteiger partial charge < -0.3 is 26.8 Å². The lowest BCUT2D eigenvalue weighted by Crippen LogP contribution is -2.21. The maximum Gasteiger partial charge on any atom is 0.490 e. The van der Waals surface area contributed by atoms with Crippen molar-refractivity contribution in [3.8, 4) is 0 Å². The number of urea groups is 1. The molecule has 3 rings (SSSR count). The number of hydrogen-bond acceptors (Lipinski definition) is 5. The Kier molecular flexibility index (Phi) is 9.14. The standard InChI is InChI=1S/C19H19FN6O2.C2HF3O2/c20-9-12-3-1-5-14(7-12)24-19(28)25-15-6-2-4-13(8-15)10-22-16-11-23-26-17(16)18(21)27;3-2(4,5)1(6)7/h1-8,11,22H,9-10H2,(H2,21,27)(H,23,26)(H2,24,25,28);(H,6,7). The van der Waals surface area contributed by atoms with E-state index in [0.717, 1.165) is 5.56 Å². The summed E-state index contributed by atoms with van der Waals surface area (Å²) in [4.78, 5) is 32.4. The van der Waals surface area contributed by atoms with Crippen molar-refractivity contribution < 1.29 is 37.1 Å². The molecule has 10 nitrogen and oxygen atoms in total. The fourth-order valence-electron chi connectivity index (χ4n) is 2.59. The van der Waals surface area contributed by atoms with E-state index in [-0.39, 0.29) is 5.69 Å². The van der Waals surface area contributed by atoms with Gasteiger partial charge in [-0.05, 0) is 35.4 Å². The van der Waals surface area contributed by atoms with Crippen molar-refractivity contribution >= 4 is 35.0 Å². The van der Waals surface area contributed by atoms with Gasteiger partial charge in [-0.2, -0.15) is 18.3 Å². The van der Waals surface area contributed by atoms with Crippen molar-refractivity contribution in [2.45, 2.75) is 19.4 Å². The molecule has 1 aromatic heterocycles. The first-order valence-corrected chi connectivity index (χ1v) is 9.68. The lowest BCUT2D eigenvalue weighted by atomic mass is 10.2. The number of carbonyl (C=O) groups excluding carboxylic acids is 2. The molecule has 1 heterocycles. The fourth-order valence-corrected chi connectivity index (χ4v) is 2.59. The molecule has 186 valence electrons. The van der Waals surface area contributed by atoms with E-state index in [1.54, 1.807) is 42.5 Å². The molecule has 0 aliphatic rings. The van der Waals surface area contributed by atoms with Crippen molar-refractivity contribution in [1.82, 2.24) is 10.2 Å². The number of hydrogen-bond donors (Lipinski definition) is 6. The minimum Gasteiger partial charge on any atom is -0.475 e. The van der Waals surface area contributed by atoms with Crippen molar-refractivity contribution in [3.05, 3.63) is 71.5 Å². The summed E-state index contributed by atoms with van der Waals surface area (Å²) in [7, 11) is 0. The number of aromatic nitrogens is 2. The van der Waals surface area contributed by atoms with Gasteiger partial charge in [-0.3, -0.25) is 9.89 Å². The quantitative estimate of drug-likeness (QED) is 0.272. The number of H-pyrrole nitrogens is 1. The Morgan fingerprint density at radius 2 is 1.54 bits per heavy atom. The molecule has 0 bridgehead atoms. The smallest absolute Gasteiger partial charge is 0.475 e. The van der Waals surface area contributed by atoms with Crippen LogP contribution >= 0.6 is 0 Å². The number of carboxylic acids is 1. The van der Waals surface area contributed by atoms with E-state index >= 15 is 0 Å². The Bertz CT molecular complexity index is 1180. The molecule has 0 unspecified atom stereocenters. The summed E-state index contributed by atoms with van der Waals surface area (Å²) in [5.74, 6) is -3.36. The van der Waals surface area contributed by atoms with E-state index in [9.17, 15) is 27.2 Å². The Morgan fingerprint density at radius 1 is 1.00 bits per heavy atom. The second-order valence-electron chi connectivity index (χ2n) is 6.79. The molecule has 2 aromatic carbocycles. The van der Waals surface area contributed by atoms with Gasteiger partial charge in [-0.25, -0.2) is 14.0 Å². The lowest BCUT2D eigenvalue weighted by molar-refractivity contribution is -0.192. The lowest BCUT2D eigenvalue weighted by Gasteiger charge is -2.10. The molecule has 0 aliphatic carbocycles. The monoisotopic (exact) mass is 496 g/mol. The first-order chi connectivity index (χ1) is 16.5. The van der Waals surface area contributed by atoms with Gasteiger partial charge in [0.25, 0.3) is 5.91 Å². The number of benzene rings is 2. The van der Waals surface area contributed by atoms with Crippen LogP contribution < -0.4 is 21.7 Å². The van der Waals surface area contributed by atoms with E-state index < -0.39 is 30.8 Å². The third-order valence-electron chi connectivity index (χ3n) is 4.14. The van der Waals surface area contributed by atoms with Gasteiger partial charge in [0.2, 0.25) is 0 Å². The van der Waals surface area contributed by atoms with Crippen LogP contribution in [0.1, 0.15) is 21.6 Å². The van der Waals surface area contributed by atoms with E-state index in [2.05, 4.69) is 26.1 Å². The van der Waals surface area contributed by atoms with E-state index in [1.807, 2.05) is 6.07 Å². The molecule has 35 heavy (non-hydrogen) atoms. The average molecular weight is 496 g/mol. The summed E-state index contributed by atoms with van der Waals surface area (Å²) in [6.45, 7) is -0.199. The summed E-state index contributed by atoms with van der Waals surface area (Å²) in [5, 5.41) is 21.9. The summed E-state index contributed by atoms with van der Waals surface area (Å²) in [6.07, 6.45) is -3.61. The van der Waals surface area contributed by atoms with Crippen molar-refractivity contribution in [3.63, 3.8) is 0 Å². The number of aliphatic carboxylic acids is 1. The predicted octanol–water partition coefficient (Wildman–Crippen LogP) is 3.87. The van der Waals surface area contributed by atoms with Crippen LogP contribution in [0.2, 0.25) is 0 Å². The number of carboxylic acid groups (broad SMARTS) is 1. The third kappa shape index (κ3) is 8.68. The molecule has 0 fully saturated rings. The first-order valence-electron chi connectivity index (χ1n) is 9.68. The highest BCUT2D eigenvalue weighted by molar-refractivity contribution is 5.99. The van der Waals surface area contributed by atoms with Crippen LogP contribution in [0, 0.1) is 0 Å². The van der Waals surface area contributed by atoms with Gasteiger partial charge in [-0.15, -0.1) is 0 Å². The van der Waals surface area contributed by atoms with E-state index in [1.165, 1.54) is 6.20 Å². The second kappa shape index (κ2) is 12.0. The number of anilines is 3. The van der Waals surface area contributed by atoms with Crippen molar-refractivity contribution in [2.75, 3.05) is 16.0 Å². The summed E-state index contributed by atoms with van der Waals surface area (Å²) >= 11 is 0. The number of carbonyl (C=O) groups is 3. The fraction of sp³-hybridized carbons (Fsp3) is 0.143. The minimum absolute atomic E-state index is 0.198. The zero-order chi connectivity index (χ0) is 26.0. The van der Waals surface area contributed by atoms with Gasteiger partial charge in [0.1, 0.15) is 12.4 Å². The first kappa shape index (κ1) is 26.6. The number of amides is 3. The van der Waals surface area contributed by atoms with Crippen LogP contribution in [0.4, 0.5) is 39.4 Å². The maximum atomic E-state index is 12.7. The number of halogens is 4. The van der Waals surface area contributed by atoms with Crippen LogP contribution in [0.15, 0.2) is 54.7 Å². The Balaban J connectivity index is 0.000000540. The second-order valence-corrected chi connectivity index (χ2v) is 6.79. The third-order valence-corrected chi connectivity index (χ3v) is 4.14. The maximum absolute atomic E-state index is 12.7. The molecule has 3 aromatic rings. The highest BCUT2D eigenvalue weighted by atomic mass is 19.4. The highest BCUT2D eigenvalue weighted by Gasteiger charge is 2.38. The van der Waals surface area contributed by atoms with Gasteiger partial charge >= 0.3 is 18.2 Å². The van der Waals surface area contributed by atoms with Gasteiger partial charge in [0.05, 0.1) is 11.9 Å². The Labute approximate surface area is 195 Å². The van der Waals surface area contributed by atoms with Crippen LogP contribution in [-0.4, -0.2) is 39.4 Å². The highest BCUT2D eigenvalue weighted by Crippen LogP contribution is 2.17. The molecular formula is C21H20F4N6O4. The zero-order valence-corrected chi connectivity index (χ0v) is 17.8. The number of primary amides is 1. The summed E-state index contributed by atoms with van der Waals surface area (Å²) < 4.78 is 44.4. The van der Waals surface area contributed by atoms with Crippen LogP contribution in [-0.2, 0) is 18.0 Å². The molecule has 14 heteroatoms. The SMILES string of the molecule is NC(=O)c1[nH]ncc1NCc1cccc(NC(=O)Nc2cccc(CF)c2)c1.O=C(O)C(F)(F)F. The summed E-state index contributed by atoms with van der Waals surface area (Å²) in [5.41, 5.74) is 8.40. The van der Waals surface area contributed by atoms with Crippen molar-refractivity contribution in [2.24, 2.45) is 5.73 Å². The largest absolute Gasteiger partial charge is 0.490 e. The number of rotatable bonds is 7. The van der Waals surface area contributed by atoms with Crippen LogP contribution in [0.5, 0.6) is 0 Å². The Morgan fingerprint density at radius 3 is 2.06 bits per heavy atom. The number of nitrogens with zero attached hydrogens (tertiary/aromatic N) is 1. The molecule has 0 saturated carbocycles. The molecule has 3 amide bonds. The molecular weight excluding hydrogens is 476 g/mol. The van der Waals surface area contributed by atoms with Crippen LogP contribution in [0.3, 0.4) is 0 Å². The summed E-state index contributed by atoms with van der Waals surface area (Å²) in [6, 6.07) is 13.3. The molecule has 0 atom stereocenters. The zero-order valence-electron chi connectivity index (χ0n) is 17.8. The van der Waals surface area contributed by atoms with E-state index in [4.69, 9.17) is 15.6 Å². The molecule has 0 spiro atoms. The molecule has 0 saturated heterocycles. The molecule has 7 N–H and O–H groups in total. The normalized spacial score (nSPS) is 10.5. The topological polar surface area (TPSA) is 162 Å². The number of aromatic amines is 1. The van der Waals surface area contributed by atoms with Crippen molar-refractivity contribution in [1.29, 1.82) is 0 Å². The van der Waals surface area contributed by atoms with Gasteiger partial charge in [-0.1, -0.05) is 24.3 Å². The van der Waals surface area contributed by atoms with Gasteiger partial charge in [0, 0.05) is 17.9 Å². The van der Waals surface area contributed by atoms with Gasteiger partial charge in [0.15, 0.2) is 0 Å². The number of nitrogens with two attached hydrogens (primary N) is 1. The minimum atomic E-state index is -5.08. The number of nitrogens with one attached hydrogen (secondary N) is 4. The van der Waals surface area contributed by atoms with E-state index in [0.29, 0.717) is 29.2 Å². The molecule has 0 radical (unpaired) electrons. The average Bonchev–Trinajstić information content (AvgIpc) is 3.27.